The molecule has 0 heterocycles. The first-order valence-electron chi connectivity index (χ1n) is 5.73. The van der Waals surface area contributed by atoms with E-state index >= 15 is 0 Å². The third kappa shape index (κ3) is 7.26. The minimum Gasteiger partial charge on any atom is -0.481 e. The number of hydrogen-bond acceptors (Lipinski definition) is 2. The van der Waals surface area contributed by atoms with Crippen LogP contribution in [0.25, 0.3) is 0 Å². The van der Waals surface area contributed by atoms with Crippen molar-refractivity contribution in [2.75, 3.05) is 6.54 Å². The van der Waals surface area contributed by atoms with Crippen LogP contribution in [-0.4, -0.2) is 23.5 Å². The quantitative estimate of drug-likeness (QED) is 0.732. The first kappa shape index (κ1) is 14.9. The summed E-state index contributed by atoms with van der Waals surface area (Å²) in [5.41, 5.74) is -0.357. The Kier molecular flexibility index (Phi) is 6.08. The van der Waals surface area contributed by atoms with Crippen LogP contribution in [-0.2, 0) is 9.59 Å². The molecule has 0 aliphatic heterocycles. The highest BCUT2D eigenvalue weighted by atomic mass is 16.4. The van der Waals surface area contributed by atoms with Crippen molar-refractivity contribution in [1.82, 2.24) is 5.32 Å². The van der Waals surface area contributed by atoms with Crippen LogP contribution in [0.5, 0.6) is 0 Å². The van der Waals surface area contributed by atoms with E-state index in [9.17, 15) is 9.59 Å². The van der Waals surface area contributed by atoms with Gasteiger partial charge in [0.15, 0.2) is 0 Å². The lowest BCUT2D eigenvalue weighted by molar-refractivity contribution is -0.137. The zero-order valence-corrected chi connectivity index (χ0v) is 10.7. The molecule has 0 saturated heterocycles. The van der Waals surface area contributed by atoms with Gasteiger partial charge in [-0.25, -0.2) is 0 Å². The fraction of sp³-hybridized carbons (Fsp3) is 0.833. The number of aliphatic carboxylic acids is 1. The molecule has 0 saturated carbocycles. The monoisotopic (exact) mass is 229 g/mol. The van der Waals surface area contributed by atoms with Crippen LogP contribution in [0.3, 0.4) is 0 Å². The molecular formula is C12H23NO3. The molecule has 94 valence electrons. The van der Waals surface area contributed by atoms with Crippen molar-refractivity contribution in [3.63, 3.8) is 0 Å². The van der Waals surface area contributed by atoms with Gasteiger partial charge in [-0.3, -0.25) is 9.59 Å². The van der Waals surface area contributed by atoms with Gasteiger partial charge in [0, 0.05) is 18.4 Å². The van der Waals surface area contributed by atoms with E-state index in [-0.39, 0.29) is 17.7 Å². The lowest BCUT2D eigenvalue weighted by atomic mass is 9.95. The Morgan fingerprint density at radius 2 is 1.81 bits per heavy atom. The van der Waals surface area contributed by atoms with Gasteiger partial charge in [0.05, 0.1) is 0 Å². The third-order valence-electron chi connectivity index (χ3n) is 2.45. The molecule has 2 N–H and O–H groups in total. The van der Waals surface area contributed by atoms with Gasteiger partial charge < -0.3 is 10.4 Å². The lowest BCUT2D eigenvalue weighted by Gasteiger charge is -2.18. The number of carboxylic acid groups (broad SMARTS) is 1. The first-order valence-corrected chi connectivity index (χ1v) is 5.73. The maximum atomic E-state index is 11.5. The van der Waals surface area contributed by atoms with E-state index in [4.69, 9.17) is 5.11 Å². The molecule has 0 aromatic rings. The van der Waals surface area contributed by atoms with Gasteiger partial charge in [-0.05, 0) is 18.8 Å². The Balaban J connectivity index is 3.66. The molecule has 0 bridgehead atoms. The average molecular weight is 229 g/mol. The van der Waals surface area contributed by atoms with Gasteiger partial charge in [-0.2, -0.15) is 0 Å². The van der Waals surface area contributed by atoms with Crippen LogP contribution >= 0.6 is 0 Å². The molecule has 4 heteroatoms. The number of carbonyl (C=O) groups excluding carboxylic acids is 1. The molecule has 16 heavy (non-hydrogen) atoms. The van der Waals surface area contributed by atoms with Crippen LogP contribution in [0.15, 0.2) is 0 Å². The maximum Gasteiger partial charge on any atom is 0.303 e. The molecule has 0 aliphatic carbocycles. The minimum absolute atomic E-state index is 0.0398. The number of rotatable bonds is 6. The summed E-state index contributed by atoms with van der Waals surface area (Å²) >= 11 is 0. The minimum atomic E-state index is -0.759. The van der Waals surface area contributed by atoms with E-state index < -0.39 is 5.97 Å². The number of hydrogen-bond donors (Lipinski definition) is 2. The second-order valence-corrected chi connectivity index (χ2v) is 5.33. The predicted octanol–water partition coefficient (Wildman–Crippen LogP) is 2.04. The highest BCUT2D eigenvalue weighted by Gasteiger charge is 2.20. The smallest absolute Gasteiger partial charge is 0.303 e. The van der Waals surface area contributed by atoms with Crippen molar-refractivity contribution < 1.29 is 14.7 Å². The summed E-state index contributed by atoms with van der Waals surface area (Å²) in [6, 6.07) is 0. The molecule has 0 rings (SSSR count). The van der Waals surface area contributed by atoms with Crippen molar-refractivity contribution in [1.29, 1.82) is 0 Å². The molecule has 0 aromatic carbocycles. The van der Waals surface area contributed by atoms with E-state index in [1.54, 1.807) is 0 Å². The summed E-state index contributed by atoms with van der Waals surface area (Å²) in [4.78, 5) is 21.9. The largest absolute Gasteiger partial charge is 0.481 e. The maximum absolute atomic E-state index is 11.5. The number of nitrogens with one attached hydrogen (secondary N) is 1. The third-order valence-corrected chi connectivity index (χ3v) is 2.45. The van der Waals surface area contributed by atoms with E-state index in [1.807, 2.05) is 27.7 Å². The molecule has 1 atom stereocenters. The SMILES string of the molecule is CC(CCNC(=O)C(C)(C)C)CCC(=O)O. The van der Waals surface area contributed by atoms with E-state index in [2.05, 4.69) is 5.32 Å². The van der Waals surface area contributed by atoms with Crippen LogP contribution in [0, 0.1) is 11.3 Å². The second kappa shape index (κ2) is 6.51. The second-order valence-electron chi connectivity index (χ2n) is 5.33. The van der Waals surface area contributed by atoms with E-state index in [1.165, 1.54) is 0 Å². The summed E-state index contributed by atoms with van der Waals surface area (Å²) in [6.45, 7) is 8.24. The summed E-state index contributed by atoms with van der Waals surface area (Å²) in [6.07, 6.45) is 1.70. The first-order chi connectivity index (χ1) is 7.23. The van der Waals surface area contributed by atoms with Crippen LogP contribution in [0.2, 0.25) is 0 Å². The summed E-state index contributed by atoms with van der Waals surface area (Å²) in [7, 11) is 0. The highest BCUT2D eigenvalue weighted by Crippen LogP contribution is 2.13. The molecule has 1 amide bonds. The number of carboxylic acids is 1. The number of carbonyl (C=O) groups is 2. The molecule has 0 spiro atoms. The van der Waals surface area contributed by atoms with Crippen LogP contribution in [0.1, 0.15) is 47.0 Å². The number of amides is 1. The zero-order chi connectivity index (χ0) is 12.8. The standard InChI is InChI=1S/C12H23NO3/c1-9(5-6-10(14)15)7-8-13-11(16)12(2,3)4/h9H,5-8H2,1-4H3,(H,13,16)(H,14,15). The Morgan fingerprint density at radius 3 is 2.25 bits per heavy atom. The molecule has 0 radical (unpaired) electrons. The molecule has 4 nitrogen and oxygen atoms in total. The van der Waals surface area contributed by atoms with Crippen LogP contribution < -0.4 is 5.32 Å². The van der Waals surface area contributed by atoms with Crippen LogP contribution in [0.4, 0.5) is 0 Å². The van der Waals surface area contributed by atoms with Gasteiger partial charge in [-0.15, -0.1) is 0 Å². The Labute approximate surface area is 97.4 Å². The summed E-state index contributed by atoms with van der Waals surface area (Å²) < 4.78 is 0. The molecular weight excluding hydrogens is 206 g/mol. The normalized spacial score (nSPS) is 13.2. The lowest BCUT2D eigenvalue weighted by Crippen LogP contribution is -2.35. The topological polar surface area (TPSA) is 66.4 Å². The van der Waals surface area contributed by atoms with Crippen molar-refractivity contribution in [2.45, 2.75) is 47.0 Å². The molecule has 0 fully saturated rings. The Morgan fingerprint density at radius 1 is 1.25 bits per heavy atom. The summed E-state index contributed by atoms with van der Waals surface area (Å²) in [5.74, 6) is -0.389. The Hall–Kier alpha value is -1.06. The zero-order valence-electron chi connectivity index (χ0n) is 10.7. The van der Waals surface area contributed by atoms with Gasteiger partial charge >= 0.3 is 5.97 Å². The van der Waals surface area contributed by atoms with Gasteiger partial charge in [0.25, 0.3) is 0 Å². The van der Waals surface area contributed by atoms with Crippen molar-refractivity contribution in [3.05, 3.63) is 0 Å². The van der Waals surface area contributed by atoms with E-state index in [0.717, 1.165) is 6.42 Å². The van der Waals surface area contributed by atoms with E-state index in [0.29, 0.717) is 18.9 Å². The average Bonchev–Trinajstić information content (AvgIpc) is 2.13. The van der Waals surface area contributed by atoms with Crippen molar-refractivity contribution in [3.8, 4) is 0 Å². The summed E-state index contributed by atoms with van der Waals surface area (Å²) in [5, 5.41) is 11.4. The van der Waals surface area contributed by atoms with Gasteiger partial charge in [-0.1, -0.05) is 27.7 Å². The molecule has 1 unspecified atom stereocenters. The Bertz CT molecular complexity index is 243. The predicted molar refractivity (Wildman–Crippen MR) is 63.1 cm³/mol. The van der Waals surface area contributed by atoms with Gasteiger partial charge in [0.2, 0.25) is 5.91 Å². The fourth-order valence-electron chi connectivity index (χ4n) is 1.21. The molecule has 0 aliphatic rings. The van der Waals surface area contributed by atoms with Gasteiger partial charge in [0.1, 0.15) is 0 Å². The highest BCUT2D eigenvalue weighted by molar-refractivity contribution is 5.81. The molecule has 0 aromatic heterocycles. The van der Waals surface area contributed by atoms with Crippen molar-refractivity contribution in [2.24, 2.45) is 11.3 Å². The van der Waals surface area contributed by atoms with Crippen molar-refractivity contribution >= 4 is 11.9 Å². The fourth-order valence-corrected chi connectivity index (χ4v) is 1.21.